The minimum Gasteiger partial charge on any atom is -0.342 e. The number of alkyl halides is 3. The molecule has 34 heavy (non-hydrogen) atoms. The zero-order valence-electron chi connectivity index (χ0n) is 18.6. The van der Waals surface area contributed by atoms with Crippen molar-refractivity contribution in [2.24, 2.45) is 0 Å². The molecule has 10 heteroatoms. The molecule has 0 unspecified atom stereocenters. The highest BCUT2D eigenvalue weighted by atomic mass is 32.1. The molecule has 0 bridgehead atoms. The molecule has 176 valence electrons. The first-order chi connectivity index (χ1) is 16.0. The van der Waals surface area contributed by atoms with Gasteiger partial charge in [-0.1, -0.05) is 24.3 Å². The Hall–Kier alpha value is -3.66. The number of nitrogens with zero attached hydrogens (tertiary/aromatic N) is 2. The van der Waals surface area contributed by atoms with Gasteiger partial charge in [-0.3, -0.25) is 9.59 Å². The summed E-state index contributed by atoms with van der Waals surface area (Å²) in [5.74, 6) is -0.814. The average Bonchev–Trinajstić information content (AvgIpc) is 3.35. The zero-order valence-corrected chi connectivity index (χ0v) is 19.4. The van der Waals surface area contributed by atoms with E-state index in [-0.39, 0.29) is 18.1 Å². The number of amides is 2. The highest BCUT2D eigenvalue weighted by Crippen LogP contribution is 2.33. The van der Waals surface area contributed by atoms with Gasteiger partial charge < -0.3 is 10.6 Å². The van der Waals surface area contributed by atoms with Crippen molar-refractivity contribution in [1.82, 2.24) is 15.1 Å². The lowest BCUT2D eigenvalue weighted by molar-refractivity contribution is -0.137. The maximum absolute atomic E-state index is 13.1. The topological polar surface area (TPSA) is 76.0 Å². The molecule has 6 nitrogen and oxygen atoms in total. The number of para-hydroxylation sites is 1. The summed E-state index contributed by atoms with van der Waals surface area (Å²) in [6.07, 6.45) is -4.48. The maximum Gasteiger partial charge on any atom is 0.416 e. The number of carbonyl (C=O) groups is 2. The number of anilines is 1. The van der Waals surface area contributed by atoms with E-state index in [0.29, 0.717) is 26.5 Å². The van der Waals surface area contributed by atoms with Crippen LogP contribution in [0, 0.1) is 20.8 Å². The van der Waals surface area contributed by atoms with Crippen molar-refractivity contribution in [2.75, 3.05) is 11.9 Å². The number of hydrogen-bond acceptors (Lipinski definition) is 4. The van der Waals surface area contributed by atoms with Crippen LogP contribution in [0.4, 0.5) is 18.9 Å². The van der Waals surface area contributed by atoms with E-state index in [1.807, 2.05) is 32.0 Å². The fraction of sp³-hybridized carbons (Fsp3) is 0.208. The summed E-state index contributed by atoms with van der Waals surface area (Å²) < 4.78 is 40.8. The molecule has 2 heterocycles. The number of rotatable bonds is 5. The number of aryl methyl sites for hydroxylation is 3. The molecule has 2 aromatic heterocycles. The Morgan fingerprint density at radius 3 is 2.38 bits per heavy atom. The predicted octanol–water partition coefficient (Wildman–Crippen LogP) is 5.40. The summed E-state index contributed by atoms with van der Waals surface area (Å²) in [4.78, 5) is 25.9. The molecule has 0 fully saturated rings. The van der Waals surface area contributed by atoms with E-state index in [2.05, 4.69) is 15.7 Å². The van der Waals surface area contributed by atoms with Crippen molar-refractivity contribution in [3.63, 3.8) is 0 Å². The second kappa shape index (κ2) is 8.94. The second-order valence-electron chi connectivity index (χ2n) is 7.87. The van der Waals surface area contributed by atoms with Crippen LogP contribution in [0.5, 0.6) is 0 Å². The Morgan fingerprint density at radius 2 is 1.71 bits per heavy atom. The highest BCUT2D eigenvalue weighted by molar-refractivity contribution is 7.20. The van der Waals surface area contributed by atoms with Crippen molar-refractivity contribution >= 4 is 39.1 Å². The van der Waals surface area contributed by atoms with E-state index in [9.17, 15) is 22.8 Å². The smallest absolute Gasteiger partial charge is 0.342 e. The van der Waals surface area contributed by atoms with Gasteiger partial charge in [0.15, 0.2) is 0 Å². The first kappa shape index (κ1) is 23.5. The summed E-state index contributed by atoms with van der Waals surface area (Å²) >= 11 is 1.10. The van der Waals surface area contributed by atoms with E-state index in [1.54, 1.807) is 13.0 Å². The summed E-state index contributed by atoms with van der Waals surface area (Å²) in [7, 11) is 0. The summed E-state index contributed by atoms with van der Waals surface area (Å²) in [6.45, 7) is 5.27. The first-order valence-corrected chi connectivity index (χ1v) is 11.2. The van der Waals surface area contributed by atoms with Crippen LogP contribution < -0.4 is 10.6 Å². The third-order valence-electron chi connectivity index (χ3n) is 5.34. The molecule has 0 radical (unpaired) electrons. The van der Waals surface area contributed by atoms with Crippen molar-refractivity contribution in [3.05, 3.63) is 75.8 Å². The lowest BCUT2D eigenvalue weighted by atomic mass is 10.1. The number of aromatic nitrogens is 2. The van der Waals surface area contributed by atoms with E-state index >= 15 is 0 Å². The first-order valence-electron chi connectivity index (χ1n) is 10.4. The number of thiophene rings is 1. The largest absolute Gasteiger partial charge is 0.416 e. The van der Waals surface area contributed by atoms with Crippen LogP contribution in [0.25, 0.3) is 15.9 Å². The number of hydrogen-bond donors (Lipinski definition) is 2. The van der Waals surface area contributed by atoms with Gasteiger partial charge in [0.2, 0.25) is 5.91 Å². The van der Waals surface area contributed by atoms with Gasteiger partial charge >= 0.3 is 6.18 Å². The second-order valence-corrected chi connectivity index (χ2v) is 8.90. The molecule has 0 aliphatic heterocycles. The van der Waals surface area contributed by atoms with E-state index in [0.717, 1.165) is 34.6 Å². The zero-order chi connectivity index (χ0) is 24.6. The Kier molecular flexibility index (Phi) is 6.18. The van der Waals surface area contributed by atoms with Crippen LogP contribution in [-0.4, -0.2) is 28.1 Å². The highest BCUT2D eigenvalue weighted by Gasteiger charge is 2.31. The van der Waals surface area contributed by atoms with Crippen molar-refractivity contribution in [1.29, 1.82) is 0 Å². The van der Waals surface area contributed by atoms with Crippen LogP contribution >= 0.6 is 11.3 Å². The number of benzene rings is 2. The third kappa shape index (κ3) is 4.67. The molecule has 0 aliphatic carbocycles. The fourth-order valence-electron chi connectivity index (χ4n) is 3.59. The molecular weight excluding hydrogens is 465 g/mol. The number of carbonyl (C=O) groups excluding carboxylic acids is 2. The lowest BCUT2D eigenvalue weighted by Crippen LogP contribution is -2.32. The van der Waals surface area contributed by atoms with E-state index < -0.39 is 17.6 Å². The predicted molar refractivity (Wildman–Crippen MR) is 126 cm³/mol. The van der Waals surface area contributed by atoms with Crippen LogP contribution in [0.2, 0.25) is 0 Å². The van der Waals surface area contributed by atoms with Crippen molar-refractivity contribution in [2.45, 2.75) is 26.9 Å². The van der Waals surface area contributed by atoms with Crippen LogP contribution in [0.15, 0.2) is 48.5 Å². The molecule has 0 aliphatic rings. The maximum atomic E-state index is 13.1. The molecule has 0 spiro atoms. The quantitative estimate of drug-likeness (QED) is 0.397. The third-order valence-corrected chi connectivity index (χ3v) is 6.45. The molecule has 2 N–H and O–H groups in total. The van der Waals surface area contributed by atoms with Gasteiger partial charge in [0.1, 0.15) is 4.83 Å². The SMILES string of the molecule is Cc1cccc(C)c1NC(=O)CNC(=O)c1cc2c(C)nn(-c3cccc(C(F)(F)F)c3)c2s1. The van der Waals surface area contributed by atoms with Crippen LogP contribution in [0.1, 0.15) is 32.1 Å². The van der Waals surface area contributed by atoms with Gasteiger partial charge in [-0.2, -0.15) is 18.3 Å². The van der Waals surface area contributed by atoms with Gasteiger partial charge in [0, 0.05) is 11.1 Å². The molecule has 0 atom stereocenters. The van der Waals surface area contributed by atoms with Gasteiger partial charge in [-0.25, -0.2) is 4.68 Å². The molecule has 4 aromatic rings. The minimum absolute atomic E-state index is 0.223. The summed E-state index contributed by atoms with van der Waals surface area (Å²) in [6, 6.07) is 12.1. The summed E-state index contributed by atoms with van der Waals surface area (Å²) in [5, 5.41) is 10.4. The van der Waals surface area contributed by atoms with E-state index in [4.69, 9.17) is 0 Å². The lowest BCUT2D eigenvalue weighted by Gasteiger charge is -2.11. The van der Waals surface area contributed by atoms with Crippen LogP contribution in [-0.2, 0) is 11.0 Å². The Morgan fingerprint density at radius 1 is 1.03 bits per heavy atom. The van der Waals surface area contributed by atoms with Crippen molar-refractivity contribution in [3.8, 4) is 5.69 Å². The number of fused-ring (bicyclic) bond motifs is 1. The molecule has 2 amide bonds. The molecule has 4 rings (SSSR count). The van der Waals surface area contributed by atoms with E-state index in [1.165, 1.54) is 16.8 Å². The van der Waals surface area contributed by atoms with Gasteiger partial charge in [0.25, 0.3) is 5.91 Å². The minimum atomic E-state index is -4.48. The molecule has 2 aromatic carbocycles. The number of nitrogens with one attached hydrogen (secondary N) is 2. The Labute approximate surface area is 197 Å². The molecular formula is C24H21F3N4O2S. The van der Waals surface area contributed by atoms with Crippen LogP contribution in [0.3, 0.4) is 0 Å². The van der Waals surface area contributed by atoms with Crippen molar-refractivity contribution < 1.29 is 22.8 Å². The Balaban J connectivity index is 1.52. The molecule has 0 saturated heterocycles. The molecule has 0 saturated carbocycles. The monoisotopic (exact) mass is 486 g/mol. The van der Waals surface area contributed by atoms with Gasteiger partial charge in [-0.05, 0) is 56.2 Å². The van der Waals surface area contributed by atoms with Gasteiger partial charge in [0.05, 0.1) is 28.4 Å². The Bertz CT molecular complexity index is 1380. The average molecular weight is 487 g/mol. The standard InChI is InChI=1S/C24H21F3N4O2S/c1-13-6-4-7-14(2)21(13)29-20(32)12-28-22(33)19-11-18-15(3)30-31(23(18)34-19)17-9-5-8-16(10-17)24(25,26)27/h4-11H,12H2,1-3H3,(H,28,33)(H,29,32). The summed E-state index contributed by atoms with van der Waals surface area (Å²) in [5.41, 5.74) is 2.58. The normalized spacial score (nSPS) is 11.6. The fourth-order valence-corrected chi connectivity index (χ4v) is 4.69. The number of halogens is 3. The van der Waals surface area contributed by atoms with Gasteiger partial charge in [-0.15, -0.1) is 11.3 Å².